The first kappa shape index (κ1) is 11.2. The van der Waals surface area contributed by atoms with Crippen LogP contribution in [0.5, 0.6) is 0 Å². The lowest BCUT2D eigenvalue weighted by atomic mass is 9.99. The van der Waals surface area contributed by atoms with Crippen LogP contribution in [0.4, 0.5) is 10.2 Å². The van der Waals surface area contributed by atoms with Crippen molar-refractivity contribution in [2.24, 2.45) is 5.92 Å². The van der Waals surface area contributed by atoms with E-state index < -0.39 is 5.82 Å². The molecule has 3 nitrogen and oxygen atoms in total. The van der Waals surface area contributed by atoms with Crippen molar-refractivity contribution in [2.75, 3.05) is 18.0 Å². The summed E-state index contributed by atoms with van der Waals surface area (Å²) in [6.07, 6.45) is 2.97. The van der Waals surface area contributed by atoms with Crippen LogP contribution in [0.1, 0.15) is 12.8 Å². The average molecular weight is 240 g/mol. The highest BCUT2D eigenvalue weighted by atomic mass is 35.5. The van der Waals surface area contributed by atoms with E-state index in [0.29, 0.717) is 23.9 Å². The lowest BCUT2D eigenvalue weighted by molar-refractivity contribution is 0.477. The first-order valence-electron chi connectivity index (χ1n) is 5.16. The summed E-state index contributed by atoms with van der Waals surface area (Å²) in [7, 11) is 0. The molecule has 0 amide bonds. The summed E-state index contributed by atoms with van der Waals surface area (Å²) in [6, 6.07) is 3.50. The number of hydrogen-bond acceptors (Lipinski definition) is 3. The van der Waals surface area contributed by atoms with Gasteiger partial charge in [-0.25, -0.2) is 9.37 Å². The molecule has 5 heteroatoms. The van der Waals surface area contributed by atoms with Gasteiger partial charge in [0.2, 0.25) is 0 Å². The fourth-order valence-corrected chi connectivity index (χ4v) is 2.01. The molecule has 0 aromatic carbocycles. The smallest absolute Gasteiger partial charge is 0.167 e. The van der Waals surface area contributed by atoms with Gasteiger partial charge in [0.1, 0.15) is 0 Å². The Hall–Kier alpha value is -1.34. The minimum absolute atomic E-state index is 0.0895. The van der Waals surface area contributed by atoms with Gasteiger partial charge in [-0.05, 0) is 18.9 Å². The SMILES string of the molecule is N#CC1CCN(c2ncc(Cl)cc2F)CC1. The molecule has 1 aliphatic rings. The van der Waals surface area contributed by atoms with Crippen LogP contribution in [-0.4, -0.2) is 18.1 Å². The second kappa shape index (κ2) is 4.67. The van der Waals surface area contributed by atoms with E-state index in [9.17, 15) is 4.39 Å². The lowest BCUT2D eigenvalue weighted by Crippen LogP contribution is -2.34. The van der Waals surface area contributed by atoms with E-state index in [1.165, 1.54) is 12.3 Å². The molecule has 0 bridgehead atoms. The summed E-state index contributed by atoms with van der Waals surface area (Å²) >= 11 is 5.64. The second-order valence-corrected chi connectivity index (χ2v) is 4.29. The first-order valence-corrected chi connectivity index (χ1v) is 5.54. The molecule has 1 fully saturated rings. The van der Waals surface area contributed by atoms with Crippen LogP contribution < -0.4 is 4.90 Å². The average Bonchev–Trinajstić information content (AvgIpc) is 2.29. The van der Waals surface area contributed by atoms with Gasteiger partial charge in [-0.2, -0.15) is 5.26 Å². The minimum Gasteiger partial charge on any atom is -0.354 e. The maximum Gasteiger partial charge on any atom is 0.167 e. The van der Waals surface area contributed by atoms with Crippen molar-refractivity contribution < 1.29 is 4.39 Å². The Kier molecular flexibility index (Phi) is 3.25. The molecule has 84 valence electrons. The number of rotatable bonds is 1. The van der Waals surface area contributed by atoms with Gasteiger partial charge in [-0.15, -0.1) is 0 Å². The molecule has 1 aliphatic heterocycles. The van der Waals surface area contributed by atoms with Gasteiger partial charge < -0.3 is 4.90 Å². The molecule has 0 aliphatic carbocycles. The molecule has 1 aromatic rings. The highest BCUT2D eigenvalue weighted by Gasteiger charge is 2.21. The molecule has 16 heavy (non-hydrogen) atoms. The summed E-state index contributed by atoms with van der Waals surface area (Å²) in [6.45, 7) is 1.34. The maximum atomic E-state index is 13.6. The van der Waals surface area contributed by atoms with Crippen LogP contribution in [0, 0.1) is 23.1 Å². The van der Waals surface area contributed by atoms with E-state index in [0.717, 1.165) is 12.8 Å². The monoisotopic (exact) mass is 239 g/mol. The Labute approximate surface area is 98.5 Å². The number of pyridine rings is 1. The molecular formula is C11H11ClFN3. The fraction of sp³-hybridized carbons (Fsp3) is 0.455. The fourth-order valence-electron chi connectivity index (χ4n) is 1.86. The second-order valence-electron chi connectivity index (χ2n) is 3.85. The number of halogens is 2. The molecule has 0 unspecified atom stereocenters. The highest BCUT2D eigenvalue weighted by Crippen LogP contribution is 2.24. The largest absolute Gasteiger partial charge is 0.354 e. The number of nitriles is 1. The zero-order valence-corrected chi connectivity index (χ0v) is 9.41. The third kappa shape index (κ3) is 2.25. The topological polar surface area (TPSA) is 39.9 Å². The van der Waals surface area contributed by atoms with E-state index >= 15 is 0 Å². The highest BCUT2D eigenvalue weighted by molar-refractivity contribution is 6.30. The molecule has 2 heterocycles. The standard InChI is InChI=1S/C11H11ClFN3/c12-9-5-10(13)11(15-7-9)16-3-1-8(6-14)2-4-16/h5,7-8H,1-4H2. The molecule has 0 N–H and O–H groups in total. The predicted octanol–water partition coefficient (Wildman–Crippen LogP) is 2.61. The zero-order chi connectivity index (χ0) is 11.5. The first-order chi connectivity index (χ1) is 7.70. The zero-order valence-electron chi connectivity index (χ0n) is 8.66. The van der Waals surface area contributed by atoms with Crippen molar-refractivity contribution in [3.8, 4) is 6.07 Å². The van der Waals surface area contributed by atoms with Crippen LogP contribution in [0.15, 0.2) is 12.3 Å². The summed E-state index contributed by atoms with van der Waals surface area (Å²) in [4.78, 5) is 5.85. The molecule has 0 spiro atoms. The molecule has 2 rings (SSSR count). The Morgan fingerprint density at radius 2 is 2.19 bits per heavy atom. The van der Waals surface area contributed by atoms with Crippen LogP contribution in [0.2, 0.25) is 5.02 Å². The third-order valence-electron chi connectivity index (χ3n) is 2.77. The van der Waals surface area contributed by atoms with Gasteiger partial charge in [-0.3, -0.25) is 0 Å². The van der Waals surface area contributed by atoms with Crippen LogP contribution in [0.3, 0.4) is 0 Å². The summed E-state index contributed by atoms with van der Waals surface area (Å²) < 4.78 is 13.6. The maximum absolute atomic E-state index is 13.6. The number of aromatic nitrogens is 1. The van der Waals surface area contributed by atoms with Gasteiger partial charge in [0.15, 0.2) is 11.6 Å². The van der Waals surface area contributed by atoms with Gasteiger partial charge in [0.05, 0.1) is 11.1 Å². The Balaban J connectivity index is 2.12. The molecular weight excluding hydrogens is 229 g/mol. The van der Waals surface area contributed by atoms with Gasteiger partial charge in [-0.1, -0.05) is 11.6 Å². The van der Waals surface area contributed by atoms with E-state index in [4.69, 9.17) is 16.9 Å². The summed E-state index contributed by atoms with van der Waals surface area (Å²) in [5, 5.41) is 9.06. The Morgan fingerprint density at radius 3 is 2.75 bits per heavy atom. The molecule has 1 aromatic heterocycles. The molecule has 0 atom stereocenters. The van der Waals surface area contributed by atoms with Crippen molar-refractivity contribution in [3.05, 3.63) is 23.1 Å². The quantitative estimate of drug-likeness (QED) is 0.756. The van der Waals surface area contributed by atoms with Crippen LogP contribution >= 0.6 is 11.6 Å². The van der Waals surface area contributed by atoms with Gasteiger partial charge in [0, 0.05) is 25.2 Å². The van der Waals surface area contributed by atoms with Crippen molar-refractivity contribution in [1.29, 1.82) is 5.26 Å². The predicted molar refractivity (Wildman–Crippen MR) is 59.8 cm³/mol. The Bertz CT molecular complexity index is 422. The van der Waals surface area contributed by atoms with E-state index in [1.807, 2.05) is 4.90 Å². The normalized spacial score (nSPS) is 17.2. The van der Waals surface area contributed by atoms with Crippen molar-refractivity contribution in [3.63, 3.8) is 0 Å². The molecule has 0 radical (unpaired) electrons. The van der Waals surface area contributed by atoms with Gasteiger partial charge in [0.25, 0.3) is 0 Å². The van der Waals surface area contributed by atoms with E-state index in [2.05, 4.69) is 11.1 Å². The van der Waals surface area contributed by atoms with Crippen molar-refractivity contribution in [1.82, 2.24) is 4.98 Å². The van der Waals surface area contributed by atoms with Crippen molar-refractivity contribution >= 4 is 17.4 Å². The summed E-state index contributed by atoms with van der Waals surface area (Å²) in [5.74, 6) is 0.0234. The van der Waals surface area contributed by atoms with Crippen LogP contribution in [0.25, 0.3) is 0 Å². The van der Waals surface area contributed by atoms with Crippen LogP contribution in [-0.2, 0) is 0 Å². The van der Waals surface area contributed by atoms with E-state index in [1.54, 1.807) is 0 Å². The van der Waals surface area contributed by atoms with E-state index in [-0.39, 0.29) is 5.92 Å². The van der Waals surface area contributed by atoms with Gasteiger partial charge >= 0.3 is 0 Å². The summed E-state index contributed by atoms with van der Waals surface area (Å²) in [5.41, 5.74) is 0. The Morgan fingerprint density at radius 1 is 1.50 bits per heavy atom. The minimum atomic E-state index is -0.400. The third-order valence-corrected chi connectivity index (χ3v) is 2.97. The lowest BCUT2D eigenvalue weighted by Gasteiger charge is -2.30. The van der Waals surface area contributed by atoms with Crippen molar-refractivity contribution in [2.45, 2.75) is 12.8 Å². The number of hydrogen-bond donors (Lipinski definition) is 0. The number of anilines is 1. The molecule has 0 saturated carbocycles. The number of nitrogens with zero attached hydrogens (tertiary/aromatic N) is 3. The molecule has 1 saturated heterocycles. The number of piperidine rings is 1.